The zero-order valence-corrected chi connectivity index (χ0v) is 15.7. The van der Waals surface area contributed by atoms with Crippen LogP contribution in [-0.4, -0.2) is 63.7 Å². The summed E-state index contributed by atoms with van der Waals surface area (Å²) in [6.45, 7) is 3.87. The molecule has 1 fully saturated rings. The summed E-state index contributed by atoms with van der Waals surface area (Å²) < 4.78 is 5.47. The number of likely N-dealkylation sites (N-methyl/N-ethyl adjacent to an activating group) is 1. The molecule has 2 heterocycles. The van der Waals surface area contributed by atoms with Crippen molar-refractivity contribution in [3.8, 4) is 11.4 Å². The first-order chi connectivity index (χ1) is 12.4. The Morgan fingerprint density at radius 3 is 2.65 bits per heavy atom. The molecule has 1 saturated heterocycles. The van der Waals surface area contributed by atoms with Gasteiger partial charge in [0.2, 0.25) is 11.7 Å². The monoisotopic (exact) mass is 378 g/mol. The second-order valence-corrected chi connectivity index (χ2v) is 7.15. The molecule has 7 nitrogen and oxygen atoms in total. The molecule has 8 heteroatoms. The average molecular weight is 379 g/mol. The first-order valence-corrected chi connectivity index (χ1v) is 9.07. The Morgan fingerprint density at radius 1 is 1.38 bits per heavy atom. The summed E-state index contributed by atoms with van der Waals surface area (Å²) in [6, 6.07) is 7.65. The summed E-state index contributed by atoms with van der Waals surface area (Å²) in [5.74, 6) is 0.357. The van der Waals surface area contributed by atoms with Crippen LogP contribution in [0.1, 0.15) is 31.7 Å². The van der Waals surface area contributed by atoms with Gasteiger partial charge in [-0.25, -0.2) is 0 Å². The quantitative estimate of drug-likeness (QED) is 0.827. The number of aliphatic carboxylic acids is 1. The zero-order chi connectivity index (χ0) is 18.7. The summed E-state index contributed by atoms with van der Waals surface area (Å²) in [5.41, 5.74) is 0.866. The maximum Gasteiger partial charge on any atom is 0.317 e. The minimum atomic E-state index is -0.788. The van der Waals surface area contributed by atoms with Gasteiger partial charge >= 0.3 is 5.97 Å². The summed E-state index contributed by atoms with van der Waals surface area (Å²) >= 11 is 5.91. The van der Waals surface area contributed by atoms with E-state index < -0.39 is 5.97 Å². The fraction of sp³-hybridized carbons (Fsp3) is 0.500. The Labute approximate surface area is 157 Å². The van der Waals surface area contributed by atoms with E-state index in [1.54, 1.807) is 12.1 Å². The van der Waals surface area contributed by atoms with Gasteiger partial charge in [-0.05, 0) is 51.1 Å². The van der Waals surface area contributed by atoms with Gasteiger partial charge in [-0.1, -0.05) is 16.8 Å². The highest BCUT2D eigenvalue weighted by Crippen LogP contribution is 2.26. The molecule has 3 rings (SSSR count). The molecule has 1 atom stereocenters. The van der Waals surface area contributed by atoms with Crippen molar-refractivity contribution in [3.05, 3.63) is 35.2 Å². The number of hydrogen-bond acceptors (Lipinski definition) is 6. The number of carbonyl (C=O) groups is 1. The predicted octanol–water partition coefficient (Wildman–Crippen LogP) is 2.93. The van der Waals surface area contributed by atoms with Crippen LogP contribution in [0.5, 0.6) is 0 Å². The van der Waals surface area contributed by atoms with Gasteiger partial charge in [-0.15, -0.1) is 0 Å². The molecular weight excluding hydrogens is 356 g/mol. The molecule has 2 aromatic rings. The number of likely N-dealkylation sites (tertiary alicyclic amines) is 1. The van der Waals surface area contributed by atoms with Crippen LogP contribution in [0.4, 0.5) is 0 Å². The minimum absolute atomic E-state index is 0.0225. The standard InChI is InChI=1S/C18H23ClN4O3/c1-12(23-9-7-15(8-10-23)22(2)11-16(24)25)18-20-17(21-26-18)13-3-5-14(19)6-4-13/h3-6,12,15H,7-11H2,1-2H3,(H,24,25). The lowest BCUT2D eigenvalue weighted by atomic mass is 10.0. The maximum absolute atomic E-state index is 10.9. The van der Waals surface area contributed by atoms with Crippen molar-refractivity contribution >= 4 is 17.6 Å². The molecule has 1 unspecified atom stereocenters. The molecule has 1 aromatic carbocycles. The molecule has 0 saturated carbocycles. The zero-order valence-electron chi connectivity index (χ0n) is 14.9. The Bertz CT molecular complexity index is 741. The van der Waals surface area contributed by atoms with Gasteiger partial charge in [0.25, 0.3) is 0 Å². The van der Waals surface area contributed by atoms with E-state index in [9.17, 15) is 4.79 Å². The van der Waals surface area contributed by atoms with Crippen molar-refractivity contribution in [2.45, 2.75) is 31.8 Å². The second kappa shape index (κ2) is 8.16. The van der Waals surface area contributed by atoms with Crippen LogP contribution in [0.3, 0.4) is 0 Å². The van der Waals surface area contributed by atoms with E-state index in [-0.39, 0.29) is 12.6 Å². The number of aromatic nitrogens is 2. The fourth-order valence-electron chi connectivity index (χ4n) is 3.33. The lowest BCUT2D eigenvalue weighted by molar-refractivity contribution is -0.138. The molecule has 1 N–H and O–H groups in total. The van der Waals surface area contributed by atoms with Gasteiger partial charge in [0.05, 0.1) is 12.6 Å². The highest BCUT2D eigenvalue weighted by Gasteiger charge is 2.29. The van der Waals surface area contributed by atoms with Crippen molar-refractivity contribution in [1.82, 2.24) is 19.9 Å². The number of rotatable bonds is 6. The van der Waals surface area contributed by atoms with Crippen molar-refractivity contribution in [2.24, 2.45) is 0 Å². The predicted molar refractivity (Wildman–Crippen MR) is 98.0 cm³/mol. The lowest BCUT2D eigenvalue weighted by Gasteiger charge is -2.37. The third-order valence-electron chi connectivity index (χ3n) is 4.96. The molecule has 0 amide bonds. The minimum Gasteiger partial charge on any atom is -0.480 e. The van der Waals surface area contributed by atoms with Crippen LogP contribution in [0.2, 0.25) is 5.02 Å². The number of benzene rings is 1. The molecule has 0 bridgehead atoms. The summed E-state index contributed by atoms with van der Waals surface area (Å²) in [6.07, 6.45) is 1.85. The highest BCUT2D eigenvalue weighted by molar-refractivity contribution is 6.30. The van der Waals surface area contributed by atoms with Crippen LogP contribution < -0.4 is 0 Å². The molecule has 0 aliphatic carbocycles. The van der Waals surface area contributed by atoms with Gasteiger partial charge in [0.15, 0.2) is 0 Å². The van der Waals surface area contributed by atoms with Crippen molar-refractivity contribution in [2.75, 3.05) is 26.7 Å². The fourth-order valence-corrected chi connectivity index (χ4v) is 3.46. The SMILES string of the molecule is CC(c1nc(-c2ccc(Cl)cc2)no1)N1CCC(N(C)CC(=O)O)CC1. The number of hydrogen-bond donors (Lipinski definition) is 1. The van der Waals surface area contributed by atoms with E-state index >= 15 is 0 Å². The molecule has 1 aromatic heterocycles. The van der Waals surface area contributed by atoms with Crippen LogP contribution in [-0.2, 0) is 4.79 Å². The summed E-state index contributed by atoms with van der Waals surface area (Å²) in [7, 11) is 1.87. The summed E-state index contributed by atoms with van der Waals surface area (Å²) in [4.78, 5) is 19.6. The Hall–Kier alpha value is -1.96. The van der Waals surface area contributed by atoms with Crippen LogP contribution in [0, 0.1) is 0 Å². The third kappa shape index (κ3) is 4.41. The molecular formula is C18H23ClN4O3. The summed E-state index contributed by atoms with van der Waals surface area (Å²) in [5, 5.41) is 13.7. The van der Waals surface area contributed by atoms with Crippen LogP contribution in [0.25, 0.3) is 11.4 Å². The maximum atomic E-state index is 10.9. The molecule has 26 heavy (non-hydrogen) atoms. The Balaban J connectivity index is 1.60. The van der Waals surface area contributed by atoms with E-state index in [0.29, 0.717) is 22.8 Å². The number of carboxylic acid groups (broad SMARTS) is 1. The van der Waals surface area contributed by atoms with Crippen molar-refractivity contribution in [3.63, 3.8) is 0 Å². The van der Waals surface area contributed by atoms with Gasteiger partial charge in [0.1, 0.15) is 0 Å². The second-order valence-electron chi connectivity index (χ2n) is 6.72. The highest BCUT2D eigenvalue weighted by atomic mass is 35.5. The van der Waals surface area contributed by atoms with Gasteiger partial charge in [-0.3, -0.25) is 14.6 Å². The van der Waals surface area contributed by atoms with E-state index in [0.717, 1.165) is 31.5 Å². The largest absolute Gasteiger partial charge is 0.480 e. The number of piperidine rings is 1. The Kier molecular flexibility index (Phi) is 5.90. The normalized spacial score (nSPS) is 17.5. The van der Waals surface area contributed by atoms with Crippen LogP contribution >= 0.6 is 11.6 Å². The lowest BCUT2D eigenvalue weighted by Crippen LogP contribution is -2.45. The molecule has 1 aliphatic rings. The smallest absolute Gasteiger partial charge is 0.317 e. The molecule has 0 radical (unpaired) electrons. The van der Waals surface area contributed by atoms with E-state index in [4.69, 9.17) is 21.2 Å². The number of carboxylic acids is 1. The van der Waals surface area contributed by atoms with Gasteiger partial charge in [0, 0.05) is 29.7 Å². The molecule has 1 aliphatic heterocycles. The first kappa shape index (κ1) is 18.8. The Morgan fingerprint density at radius 2 is 2.04 bits per heavy atom. The van der Waals surface area contributed by atoms with Crippen molar-refractivity contribution in [1.29, 1.82) is 0 Å². The number of nitrogens with zero attached hydrogens (tertiary/aromatic N) is 4. The first-order valence-electron chi connectivity index (χ1n) is 8.69. The van der Waals surface area contributed by atoms with E-state index in [1.807, 2.05) is 24.1 Å². The van der Waals surface area contributed by atoms with Crippen molar-refractivity contribution < 1.29 is 14.4 Å². The average Bonchev–Trinajstić information content (AvgIpc) is 3.11. The molecule has 0 spiro atoms. The topological polar surface area (TPSA) is 82.7 Å². The van der Waals surface area contributed by atoms with Crippen LogP contribution in [0.15, 0.2) is 28.8 Å². The van der Waals surface area contributed by atoms with Gasteiger partial charge < -0.3 is 9.63 Å². The van der Waals surface area contributed by atoms with E-state index in [2.05, 4.69) is 22.0 Å². The third-order valence-corrected chi connectivity index (χ3v) is 5.21. The molecule has 140 valence electrons. The van der Waals surface area contributed by atoms with Gasteiger partial charge in [-0.2, -0.15) is 4.98 Å². The van der Waals surface area contributed by atoms with E-state index in [1.165, 1.54) is 0 Å². The number of halogens is 1.